The number of nitrogens with zero attached hydrogens (tertiary/aromatic N) is 2. The third-order valence-corrected chi connectivity index (χ3v) is 4.12. The Bertz CT molecular complexity index is 859. The van der Waals surface area contributed by atoms with Crippen LogP contribution in [0.4, 0.5) is 5.69 Å². The zero-order valence-corrected chi connectivity index (χ0v) is 15.9. The highest BCUT2D eigenvalue weighted by Crippen LogP contribution is 2.35. The van der Waals surface area contributed by atoms with Crippen LogP contribution in [0.5, 0.6) is 11.6 Å². The molecule has 0 amide bonds. The van der Waals surface area contributed by atoms with Crippen molar-refractivity contribution >= 4 is 11.7 Å². The standard InChI is InChI=1S/C21H24N2O3/c1-7-9-23(8-2)17-12-16(6)22-20(18(17)21(24)25)26-19-14(4)10-13(3)11-15(19)5/h1,10-12H,8-9H2,2-6H3,(H,24,25). The summed E-state index contributed by atoms with van der Waals surface area (Å²) in [6.45, 7) is 10.5. The van der Waals surface area contributed by atoms with Crippen molar-refractivity contribution in [1.29, 1.82) is 0 Å². The third-order valence-electron chi connectivity index (χ3n) is 4.12. The molecule has 136 valence electrons. The molecule has 1 N–H and O–H groups in total. The van der Waals surface area contributed by atoms with Crippen LogP contribution in [0.2, 0.25) is 0 Å². The van der Waals surface area contributed by atoms with E-state index in [9.17, 15) is 9.90 Å². The Morgan fingerprint density at radius 1 is 1.23 bits per heavy atom. The van der Waals surface area contributed by atoms with Crippen LogP contribution >= 0.6 is 0 Å². The number of carbonyl (C=O) groups is 1. The molecule has 0 aliphatic rings. The first-order chi connectivity index (χ1) is 12.3. The fourth-order valence-electron chi connectivity index (χ4n) is 3.05. The Labute approximate surface area is 154 Å². The molecule has 0 saturated carbocycles. The molecule has 26 heavy (non-hydrogen) atoms. The van der Waals surface area contributed by atoms with E-state index < -0.39 is 5.97 Å². The number of ether oxygens (including phenoxy) is 1. The first-order valence-electron chi connectivity index (χ1n) is 8.47. The molecule has 0 saturated heterocycles. The van der Waals surface area contributed by atoms with E-state index in [0.717, 1.165) is 16.7 Å². The number of pyridine rings is 1. The molecule has 0 atom stereocenters. The fourth-order valence-corrected chi connectivity index (χ4v) is 3.05. The van der Waals surface area contributed by atoms with Gasteiger partial charge >= 0.3 is 5.97 Å². The van der Waals surface area contributed by atoms with E-state index in [2.05, 4.69) is 10.9 Å². The van der Waals surface area contributed by atoms with Crippen LogP contribution in [0.15, 0.2) is 18.2 Å². The summed E-state index contributed by atoms with van der Waals surface area (Å²) in [6.07, 6.45) is 5.44. The van der Waals surface area contributed by atoms with Gasteiger partial charge in [0.15, 0.2) is 0 Å². The second-order valence-electron chi connectivity index (χ2n) is 6.32. The van der Waals surface area contributed by atoms with Crippen molar-refractivity contribution in [3.63, 3.8) is 0 Å². The van der Waals surface area contributed by atoms with Gasteiger partial charge in [-0.05, 0) is 51.8 Å². The Balaban J connectivity index is 2.64. The lowest BCUT2D eigenvalue weighted by atomic mass is 10.1. The number of aryl methyl sites for hydroxylation is 4. The number of hydrogen-bond acceptors (Lipinski definition) is 4. The van der Waals surface area contributed by atoms with Crippen LogP contribution < -0.4 is 9.64 Å². The van der Waals surface area contributed by atoms with Crippen LogP contribution in [-0.2, 0) is 0 Å². The summed E-state index contributed by atoms with van der Waals surface area (Å²) < 4.78 is 6.01. The molecule has 0 unspecified atom stereocenters. The average Bonchev–Trinajstić information content (AvgIpc) is 2.54. The predicted octanol–water partition coefficient (Wildman–Crippen LogP) is 4.27. The molecular weight excluding hydrogens is 328 g/mol. The Kier molecular flexibility index (Phi) is 5.89. The fraction of sp³-hybridized carbons (Fsp3) is 0.333. The van der Waals surface area contributed by atoms with E-state index in [4.69, 9.17) is 11.2 Å². The van der Waals surface area contributed by atoms with Crippen molar-refractivity contribution in [2.24, 2.45) is 0 Å². The normalized spacial score (nSPS) is 10.3. The summed E-state index contributed by atoms with van der Waals surface area (Å²) in [7, 11) is 0. The molecule has 5 heteroatoms. The summed E-state index contributed by atoms with van der Waals surface area (Å²) >= 11 is 0. The van der Waals surface area contributed by atoms with Crippen molar-refractivity contribution in [1.82, 2.24) is 4.98 Å². The van der Waals surface area contributed by atoms with Crippen LogP contribution in [0.1, 0.15) is 39.7 Å². The van der Waals surface area contributed by atoms with E-state index in [1.54, 1.807) is 13.0 Å². The predicted molar refractivity (Wildman–Crippen MR) is 103 cm³/mol. The van der Waals surface area contributed by atoms with Gasteiger partial charge in [0.05, 0.1) is 12.2 Å². The highest BCUT2D eigenvalue weighted by Gasteiger charge is 2.24. The number of aromatic carboxylic acids is 1. The number of aromatic nitrogens is 1. The largest absolute Gasteiger partial charge is 0.477 e. The minimum atomic E-state index is -1.10. The number of carboxylic acids is 1. The molecule has 1 aromatic carbocycles. The lowest BCUT2D eigenvalue weighted by Gasteiger charge is -2.24. The summed E-state index contributed by atoms with van der Waals surface area (Å²) in [5.74, 6) is 2.18. The van der Waals surface area contributed by atoms with Crippen molar-refractivity contribution in [3.8, 4) is 24.0 Å². The van der Waals surface area contributed by atoms with Gasteiger partial charge in [-0.25, -0.2) is 9.78 Å². The van der Waals surface area contributed by atoms with Gasteiger partial charge in [-0.15, -0.1) is 6.42 Å². The molecule has 0 radical (unpaired) electrons. The highest BCUT2D eigenvalue weighted by molar-refractivity contribution is 5.97. The number of terminal acetylenes is 1. The molecule has 1 aromatic heterocycles. The summed E-state index contributed by atoms with van der Waals surface area (Å²) in [5, 5.41) is 9.81. The van der Waals surface area contributed by atoms with Gasteiger partial charge in [0.2, 0.25) is 5.88 Å². The van der Waals surface area contributed by atoms with Gasteiger partial charge in [0.25, 0.3) is 0 Å². The van der Waals surface area contributed by atoms with E-state index in [-0.39, 0.29) is 11.4 Å². The lowest BCUT2D eigenvalue weighted by molar-refractivity contribution is 0.0694. The minimum Gasteiger partial charge on any atom is -0.477 e. The monoisotopic (exact) mass is 352 g/mol. The van der Waals surface area contributed by atoms with Gasteiger partial charge in [-0.3, -0.25) is 0 Å². The third kappa shape index (κ3) is 3.97. The number of anilines is 1. The first-order valence-corrected chi connectivity index (χ1v) is 8.47. The molecule has 1 heterocycles. The van der Waals surface area contributed by atoms with Gasteiger partial charge < -0.3 is 14.7 Å². The number of hydrogen-bond donors (Lipinski definition) is 1. The molecule has 0 fully saturated rings. The molecular formula is C21H24N2O3. The van der Waals surface area contributed by atoms with Gasteiger partial charge in [-0.2, -0.15) is 0 Å². The van der Waals surface area contributed by atoms with Crippen LogP contribution in [0, 0.1) is 40.0 Å². The number of rotatable bonds is 6. The molecule has 0 spiro atoms. The van der Waals surface area contributed by atoms with E-state index in [1.165, 1.54) is 0 Å². The van der Waals surface area contributed by atoms with Crippen LogP contribution in [0.3, 0.4) is 0 Å². The molecule has 0 aliphatic carbocycles. The maximum atomic E-state index is 12.0. The van der Waals surface area contributed by atoms with Crippen LogP contribution in [0.25, 0.3) is 0 Å². The number of benzene rings is 1. The molecule has 2 aromatic rings. The second kappa shape index (κ2) is 7.92. The van der Waals surface area contributed by atoms with Gasteiger partial charge in [-0.1, -0.05) is 23.6 Å². The summed E-state index contributed by atoms with van der Waals surface area (Å²) in [4.78, 5) is 18.2. The van der Waals surface area contributed by atoms with Gasteiger partial charge in [0, 0.05) is 12.2 Å². The highest BCUT2D eigenvalue weighted by atomic mass is 16.5. The van der Waals surface area contributed by atoms with Crippen LogP contribution in [-0.4, -0.2) is 29.1 Å². The topological polar surface area (TPSA) is 62.7 Å². The zero-order valence-electron chi connectivity index (χ0n) is 15.9. The summed E-state index contributed by atoms with van der Waals surface area (Å²) in [5.41, 5.74) is 4.18. The SMILES string of the molecule is C#CCN(CC)c1cc(C)nc(Oc2c(C)cc(C)cc2C)c1C(=O)O. The maximum absolute atomic E-state index is 12.0. The Morgan fingerprint density at radius 2 is 1.85 bits per heavy atom. The summed E-state index contributed by atoms with van der Waals surface area (Å²) in [6, 6.07) is 5.72. The molecule has 2 rings (SSSR count). The molecule has 0 bridgehead atoms. The quantitative estimate of drug-likeness (QED) is 0.787. The molecule has 0 aliphatic heterocycles. The average molecular weight is 352 g/mol. The Morgan fingerprint density at radius 3 is 2.35 bits per heavy atom. The van der Waals surface area contributed by atoms with Gasteiger partial charge in [0.1, 0.15) is 11.3 Å². The zero-order chi connectivity index (χ0) is 19.4. The smallest absolute Gasteiger partial charge is 0.343 e. The van der Waals surface area contributed by atoms with Crippen molar-refractivity contribution in [2.75, 3.05) is 18.0 Å². The minimum absolute atomic E-state index is 0.0204. The van der Waals surface area contributed by atoms with Crippen molar-refractivity contribution in [3.05, 3.63) is 46.1 Å². The number of carboxylic acid groups (broad SMARTS) is 1. The van der Waals surface area contributed by atoms with E-state index >= 15 is 0 Å². The van der Waals surface area contributed by atoms with Crippen molar-refractivity contribution in [2.45, 2.75) is 34.6 Å². The maximum Gasteiger partial charge on any atom is 0.343 e. The lowest BCUT2D eigenvalue weighted by Crippen LogP contribution is -2.25. The molecule has 5 nitrogen and oxygen atoms in total. The second-order valence-corrected chi connectivity index (χ2v) is 6.32. The Hall–Kier alpha value is -3.00. The van der Waals surface area contributed by atoms with Crippen molar-refractivity contribution < 1.29 is 14.6 Å². The van der Waals surface area contributed by atoms with E-state index in [1.807, 2.05) is 44.7 Å². The van der Waals surface area contributed by atoms with E-state index in [0.29, 0.717) is 30.2 Å². The first kappa shape index (κ1) is 19.3.